The van der Waals surface area contributed by atoms with Gasteiger partial charge in [-0.15, -0.1) is 0 Å². The number of nitro benzene ring substituents is 2. The van der Waals surface area contributed by atoms with E-state index in [-0.39, 0.29) is 17.4 Å². The number of non-ortho nitro benzene ring substituents is 2. The second-order valence-corrected chi connectivity index (χ2v) is 6.42. The van der Waals surface area contributed by atoms with Crippen molar-refractivity contribution >= 4 is 23.2 Å². The summed E-state index contributed by atoms with van der Waals surface area (Å²) in [5, 5.41) is 24.5. The van der Waals surface area contributed by atoms with Crippen molar-refractivity contribution in [2.75, 3.05) is 13.1 Å². The number of nitrogens with zero attached hydrogens (tertiary/aromatic N) is 3. The molecule has 10 heteroatoms. The fourth-order valence-electron chi connectivity index (χ4n) is 2.63. The summed E-state index contributed by atoms with van der Waals surface area (Å²) in [7, 11) is 0. The summed E-state index contributed by atoms with van der Waals surface area (Å²) in [6, 6.07) is 1.87. The molecule has 0 unspecified atom stereocenters. The minimum Gasteiger partial charge on any atom is -0.341 e. The molecule has 2 amide bonds. The average Bonchev–Trinajstić information content (AvgIpc) is 2.61. The van der Waals surface area contributed by atoms with Crippen LogP contribution in [0.5, 0.6) is 0 Å². The lowest BCUT2D eigenvalue weighted by Crippen LogP contribution is -2.49. The number of likely N-dealkylation sites (N-methyl/N-ethyl adjacent to an activating group) is 1. The van der Waals surface area contributed by atoms with Crippen molar-refractivity contribution < 1.29 is 19.4 Å². The number of nitrogens with one attached hydrogen (secondary N) is 1. The van der Waals surface area contributed by atoms with Crippen molar-refractivity contribution in [2.24, 2.45) is 5.92 Å². The molecule has 1 N–H and O–H groups in total. The average molecular weight is 380 g/mol. The van der Waals surface area contributed by atoms with E-state index in [2.05, 4.69) is 5.32 Å². The summed E-state index contributed by atoms with van der Waals surface area (Å²) in [6.45, 7) is 8.38. The third kappa shape index (κ3) is 6.01. The molecule has 0 saturated heterocycles. The third-order valence-electron chi connectivity index (χ3n) is 3.97. The molecule has 0 bridgehead atoms. The maximum atomic E-state index is 12.7. The lowest BCUT2D eigenvalue weighted by atomic mass is 10.0. The van der Waals surface area contributed by atoms with E-state index in [9.17, 15) is 29.8 Å². The van der Waals surface area contributed by atoms with Crippen LogP contribution in [0, 0.1) is 26.1 Å². The number of amides is 2. The summed E-state index contributed by atoms with van der Waals surface area (Å²) in [5.74, 6) is -0.927. The highest BCUT2D eigenvalue weighted by molar-refractivity contribution is 5.98. The van der Waals surface area contributed by atoms with Crippen LogP contribution in [-0.4, -0.2) is 45.7 Å². The van der Waals surface area contributed by atoms with Gasteiger partial charge in [-0.05, 0) is 26.2 Å². The van der Waals surface area contributed by atoms with Crippen LogP contribution in [0.4, 0.5) is 11.4 Å². The number of benzene rings is 1. The van der Waals surface area contributed by atoms with Gasteiger partial charge in [0.25, 0.3) is 17.3 Å². The zero-order valence-corrected chi connectivity index (χ0v) is 15.8. The van der Waals surface area contributed by atoms with E-state index in [0.29, 0.717) is 19.5 Å². The van der Waals surface area contributed by atoms with E-state index in [1.54, 1.807) is 4.90 Å². The van der Waals surface area contributed by atoms with E-state index in [1.165, 1.54) is 0 Å². The largest absolute Gasteiger partial charge is 0.341 e. The van der Waals surface area contributed by atoms with E-state index in [0.717, 1.165) is 18.2 Å². The number of hydrogen-bond donors (Lipinski definition) is 1. The quantitative estimate of drug-likeness (QED) is 0.516. The molecule has 0 aromatic heterocycles. The van der Waals surface area contributed by atoms with Crippen molar-refractivity contribution in [3.63, 3.8) is 0 Å². The van der Waals surface area contributed by atoms with Gasteiger partial charge in [-0.25, -0.2) is 0 Å². The van der Waals surface area contributed by atoms with Crippen molar-refractivity contribution in [3.05, 3.63) is 44.0 Å². The number of rotatable bonds is 9. The lowest BCUT2D eigenvalue weighted by molar-refractivity contribution is -0.394. The first-order valence-corrected chi connectivity index (χ1v) is 8.64. The number of carbonyl (C=O) groups is 2. The van der Waals surface area contributed by atoms with Crippen LogP contribution in [0.2, 0.25) is 0 Å². The van der Waals surface area contributed by atoms with Crippen LogP contribution in [0.3, 0.4) is 0 Å². The van der Waals surface area contributed by atoms with Gasteiger partial charge in [0.2, 0.25) is 5.91 Å². The highest BCUT2D eigenvalue weighted by Crippen LogP contribution is 2.23. The first kappa shape index (κ1) is 22.0. The van der Waals surface area contributed by atoms with Gasteiger partial charge < -0.3 is 10.2 Å². The van der Waals surface area contributed by atoms with Gasteiger partial charge in [0, 0.05) is 25.2 Å². The highest BCUT2D eigenvalue weighted by atomic mass is 16.6. The standard InChI is InChI=1S/C17H24N4O6/c1-5-19(6-2)17(23)15(7-11(3)4)18-16(22)12-8-13(20(24)25)10-14(9-12)21(26)27/h8-11,15H,5-7H2,1-4H3,(H,18,22)/t15-/m1/s1. The molecule has 27 heavy (non-hydrogen) atoms. The summed E-state index contributed by atoms with van der Waals surface area (Å²) in [6.07, 6.45) is 0.373. The summed E-state index contributed by atoms with van der Waals surface area (Å²) in [4.78, 5) is 47.1. The molecule has 1 rings (SSSR count). The Morgan fingerprint density at radius 1 is 1.04 bits per heavy atom. The first-order chi connectivity index (χ1) is 12.6. The predicted octanol–water partition coefficient (Wildman–Crippen LogP) is 2.52. The number of nitro groups is 2. The summed E-state index contributed by atoms with van der Waals surface area (Å²) in [5.41, 5.74) is -1.37. The Morgan fingerprint density at radius 3 is 1.89 bits per heavy atom. The van der Waals surface area contributed by atoms with Crippen LogP contribution in [-0.2, 0) is 4.79 Å². The first-order valence-electron chi connectivity index (χ1n) is 8.64. The van der Waals surface area contributed by atoms with Crippen molar-refractivity contribution in [1.29, 1.82) is 0 Å². The number of hydrogen-bond acceptors (Lipinski definition) is 6. The normalized spacial score (nSPS) is 11.7. The Balaban J connectivity index is 3.19. The van der Waals surface area contributed by atoms with Crippen molar-refractivity contribution in [1.82, 2.24) is 10.2 Å². The highest BCUT2D eigenvalue weighted by Gasteiger charge is 2.27. The molecule has 0 aliphatic rings. The smallest absolute Gasteiger partial charge is 0.277 e. The molecule has 1 aromatic carbocycles. The summed E-state index contributed by atoms with van der Waals surface area (Å²) >= 11 is 0. The van der Waals surface area contributed by atoms with Crippen LogP contribution in [0.15, 0.2) is 18.2 Å². The lowest BCUT2D eigenvalue weighted by Gasteiger charge is -2.27. The molecule has 0 saturated carbocycles. The van der Waals surface area contributed by atoms with Crippen LogP contribution >= 0.6 is 0 Å². The Bertz CT molecular complexity index is 698. The molecule has 10 nitrogen and oxygen atoms in total. The van der Waals surface area contributed by atoms with Crippen LogP contribution in [0.1, 0.15) is 44.5 Å². The molecule has 0 radical (unpaired) electrons. The van der Waals surface area contributed by atoms with Crippen LogP contribution < -0.4 is 5.32 Å². The Kier molecular flexibility index (Phi) is 7.82. The molecule has 148 valence electrons. The Morgan fingerprint density at radius 2 is 1.52 bits per heavy atom. The molecule has 1 aromatic rings. The Hall–Kier alpha value is -3.04. The van der Waals surface area contributed by atoms with Gasteiger partial charge in [-0.3, -0.25) is 29.8 Å². The van der Waals surface area contributed by atoms with Crippen molar-refractivity contribution in [2.45, 2.75) is 40.2 Å². The predicted molar refractivity (Wildman–Crippen MR) is 98.4 cm³/mol. The van der Waals surface area contributed by atoms with Crippen LogP contribution in [0.25, 0.3) is 0 Å². The van der Waals surface area contributed by atoms with E-state index in [4.69, 9.17) is 0 Å². The van der Waals surface area contributed by atoms with E-state index in [1.807, 2.05) is 27.7 Å². The maximum Gasteiger partial charge on any atom is 0.277 e. The topological polar surface area (TPSA) is 136 Å². The van der Waals surface area contributed by atoms with Gasteiger partial charge in [0.1, 0.15) is 6.04 Å². The SMILES string of the molecule is CCN(CC)C(=O)[C@@H](CC(C)C)NC(=O)c1cc([N+](=O)[O-])cc([N+](=O)[O-])c1. The van der Waals surface area contributed by atoms with E-state index < -0.39 is 33.2 Å². The molecule has 0 fully saturated rings. The summed E-state index contributed by atoms with van der Waals surface area (Å²) < 4.78 is 0. The molecule has 0 heterocycles. The van der Waals surface area contributed by atoms with Gasteiger partial charge in [0.05, 0.1) is 21.5 Å². The third-order valence-corrected chi connectivity index (χ3v) is 3.97. The molecule has 0 spiro atoms. The monoisotopic (exact) mass is 380 g/mol. The maximum absolute atomic E-state index is 12.7. The fourth-order valence-corrected chi connectivity index (χ4v) is 2.63. The molecule has 1 atom stereocenters. The van der Waals surface area contributed by atoms with E-state index >= 15 is 0 Å². The van der Waals surface area contributed by atoms with Gasteiger partial charge in [-0.1, -0.05) is 13.8 Å². The second-order valence-electron chi connectivity index (χ2n) is 6.42. The molecule has 0 aliphatic heterocycles. The Labute approximate surface area is 156 Å². The minimum atomic E-state index is -0.823. The van der Waals surface area contributed by atoms with Gasteiger partial charge in [-0.2, -0.15) is 0 Å². The van der Waals surface area contributed by atoms with Crippen molar-refractivity contribution in [3.8, 4) is 0 Å². The molecule has 0 aliphatic carbocycles. The fraction of sp³-hybridized carbons (Fsp3) is 0.529. The molecular formula is C17H24N4O6. The number of carbonyl (C=O) groups excluding carboxylic acids is 2. The van der Waals surface area contributed by atoms with Gasteiger partial charge in [0.15, 0.2) is 0 Å². The minimum absolute atomic E-state index is 0.106. The molecular weight excluding hydrogens is 356 g/mol. The second kappa shape index (κ2) is 9.60. The van der Waals surface area contributed by atoms with Gasteiger partial charge >= 0.3 is 0 Å². The zero-order valence-electron chi connectivity index (χ0n) is 15.8. The zero-order chi connectivity index (χ0) is 20.7.